The van der Waals surface area contributed by atoms with Crippen molar-refractivity contribution in [3.05, 3.63) is 34.3 Å². The minimum atomic E-state index is -0.0313. The van der Waals surface area contributed by atoms with Crippen molar-refractivity contribution < 1.29 is 14.3 Å². The highest BCUT2D eigenvalue weighted by Crippen LogP contribution is 2.28. The van der Waals surface area contributed by atoms with Crippen molar-refractivity contribution in [3.8, 4) is 11.5 Å². The highest BCUT2D eigenvalue weighted by Gasteiger charge is 2.10. The molecule has 5 nitrogen and oxygen atoms in total. The van der Waals surface area contributed by atoms with Crippen LogP contribution in [0.3, 0.4) is 0 Å². The molecule has 1 aromatic heterocycles. The first-order chi connectivity index (χ1) is 11.1. The number of rotatable bonds is 7. The van der Waals surface area contributed by atoms with Gasteiger partial charge in [-0.3, -0.25) is 4.79 Å². The molecule has 0 bridgehead atoms. The molecule has 1 aromatic carbocycles. The normalized spacial score (nSPS) is 10.4. The lowest BCUT2D eigenvalue weighted by molar-refractivity contribution is -0.116. The summed E-state index contributed by atoms with van der Waals surface area (Å²) in [5.41, 5.74) is 2.08. The number of hydrogen-bond donors (Lipinski definition) is 1. The quantitative estimate of drug-likeness (QED) is 0.840. The number of aryl methyl sites for hydroxylation is 3. The molecule has 2 aromatic rings. The van der Waals surface area contributed by atoms with E-state index < -0.39 is 0 Å². The molecule has 0 spiro atoms. The molecule has 1 amide bonds. The summed E-state index contributed by atoms with van der Waals surface area (Å²) in [5.74, 6) is 1.33. The van der Waals surface area contributed by atoms with Gasteiger partial charge in [-0.2, -0.15) is 0 Å². The number of anilines is 1. The Labute approximate surface area is 140 Å². The Balaban J connectivity index is 1.93. The first-order valence-electron chi connectivity index (χ1n) is 7.54. The van der Waals surface area contributed by atoms with Crippen molar-refractivity contribution in [1.29, 1.82) is 0 Å². The topological polar surface area (TPSA) is 60.5 Å². The highest BCUT2D eigenvalue weighted by molar-refractivity contribution is 7.15. The van der Waals surface area contributed by atoms with E-state index in [1.807, 2.05) is 25.1 Å². The Morgan fingerprint density at radius 3 is 2.61 bits per heavy atom. The van der Waals surface area contributed by atoms with Crippen LogP contribution in [0.4, 0.5) is 5.13 Å². The van der Waals surface area contributed by atoms with E-state index in [9.17, 15) is 4.79 Å². The summed E-state index contributed by atoms with van der Waals surface area (Å²) in [6.07, 6.45) is 1.91. The van der Waals surface area contributed by atoms with Crippen LogP contribution in [0.25, 0.3) is 0 Å². The molecule has 2 rings (SSSR count). The molecule has 1 heterocycles. The lowest BCUT2D eigenvalue weighted by Gasteiger charge is -2.09. The van der Waals surface area contributed by atoms with Crippen LogP contribution in [0, 0.1) is 6.92 Å². The molecule has 0 fully saturated rings. The number of carbonyl (C=O) groups excluding carboxylic acids is 1. The second-order valence-corrected chi connectivity index (χ2v) is 6.32. The molecular weight excluding hydrogens is 312 g/mol. The summed E-state index contributed by atoms with van der Waals surface area (Å²) in [6.45, 7) is 4.08. The fourth-order valence-corrected chi connectivity index (χ4v) is 3.20. The van der Waals surface area contributed by atoms with E-state index in [-0.39, 0.29) is 5.91 Å². The summed E-state index contributed by atoms with van der Waals surface area (Å²) < 4.78 is 10.5. The summed E-state index contributed by atoms with van der Waals surface area (Å²) in [6, 6.07) is 5.69. The van der Waals surface area contributed by atoms with Crippen LogP contribution >= 0.6 is 11.3 Å². The molecule has 23 heavy (non-hydrogen) atoms. The van der Waals surface area contributed by atoms with Gasteiger partial charge in [0.25, 0.3) is 0 Å². The molecule has 1 N–H and O–H groups in total. The molecule has 0 aliphatic carbocycles. The van der Waals surface area contributed by atoms with Gasteiger partial charge in [-0.15, -0.1) is 11.3 Å². The summed E-state index contributed by atoms with van der Waals surface area (Å²) in [7, 11) is 3.20. The fraction of sp³-hybridized carbons (Fsp3) is 0.412. The first-order valence-corrected chi connectivity index (χ1v) is 8.36. The van der Waals surface area contributed by atoms with Crippen molar-refractivity contribution >= 4 is 22.4 Å². The predicted octanol–water partition coefficient (Wildman–Crippen LogP) is 3.60. The Morgan fingerprint density at radius 1 is 1.26 bits per heavy atom. The van der Waals surface area contributed by atoms with E-state index in [2.05, 4.69) is 17.2 Å². The zero-order valence-electron chi connectivity index (χ0n) is 13.9. The Morgan fingerprint density at radius 2 is 2.00 bits per heavy atom. The van der Waals surface area contributed by atoms with E-state index in [0.29, 0.717) is 29.5 Å². The first kappa shape index (κ1) is 17.3. The van der Waals surface area contributed by atoms with E-state index in [4.69, 9.17) is 9.47 Å². The van der Waals surface area contributed by atoms with E-state index in [0.717, 1.165) is 22.6 Å². The highest BCUT2D eigenvalue weighted by atomic mass is 32.1. The van der Waals surface area contributed by atoms with Gasteiger partial charge in [0.15, 0.2) is 16.6 Å². The fourth-order valence-electron chi connectivity index (χ4n) is 2.29. The third kappa shape index (κ3) is 4.45. The predicted molar refractivity (Wildman–Crippen MR) is 92.7 cm³/mol. The van der Waals surface area contributed by atoms with Gasteiger partial charge in [-0.25, -0.2) is 4.98 Å². The summed E-state index contributed by atoms with van der Waals surface area (Å²) >= 11 is 1.52. The monoisotopic (exact) mass is 334 g/mol. The number of nitrogens with one attached hydrogen (secondary N) is 1. The number of methoxy groups -OCH3 is 2. The Kier molecular flexibility index (Phi) is 5.98. The van der Waals surface area contributed by atoms with Gasteiger partial charge in [0, 0.05) is 11.3 Å². The van der Waals surface area contributed by atoms with E-state index in [1.54, 1.807) is 14.2 Å². The van der Waals surface area contributed by atoms with Gasteiger partial charge in [0.2, 0.25) is 5.91 Å². The zero-order valence-corrected chi connectivity index (χ0v) is 14.8. The van der Waals surface area contributed by atoms with Crippen LogP contribution in [0.1, 0.15) is 29.5 Å². The molecule has 124 valence electrons. The summed E-state index contributed by atoms with van der Waals surface area (Å²) in [4.78, 5) is 17.7. The Hall–Kier alpha value is -2.08. The molecule has 0 aliphatic rings. The van der Waals surface area contributed by atoms with Crippen LogP contribution in [0.15, 0.2) is 18.2 Å². The molecule has 0 unspecified atom stereocenters. The second-order valence-electron chi connectivity index (χ2n) is 5.11. The minimum absolute atomic E-state index is 0.0313. The number of amides is 1. The second kappa shape index (κ2) is 7.97. The Bertz CT molecular complexity index is 682. The van der Waals surface area contributed by atoms with Crippen LogP contribution in [-0.4, -0.2) is 25.1 Å². The number of benzene rings is 1. The van der Waals surface area contributed by atoms with Gasteiger partial charge in [0.1, 0.15) is 0 Å². The maximum absolute atomic E-state index is 12.1. The summed E-state index contributed by atoms with van der Waals surface area (Å²) in [5, 5.41) is 3.55. The number of aromatic nitrogens is 1. The molecule has 0 atom stereocenters. The van der Waals surface area contributed by atoms with E-state index >= 15 is 0 Å². The number of nitrogens with zero attached hydrogens (tertiary/aromatic N) is 1. The van der Waals surface area contributed by atoms with Crippen LogP contribution in [0.5, 0.6) is 11.5 Å². The van der Waals surface area contributed by atoms with Gasteiger partial charge in [0.05, 0.1) is 19.9 Å². The van der Waals surface area contributed by atoms with Crippen molar-refractivity contribution in [1.82, 2.24) is 4.98 Å². The number of ether oxygens (including phenoxy) is 2. The molecule has 0 aliphatic heterocycles. The smallest absolute Gasteiger partial charge is 0.226 e. The lowest BCUT2D eigenvalue weighted by atomic mass is 10.1. The van der Waals surface area contributed by atoms with Crippen LogP contribution < -0.4 is 14.8 Å². The minimum Gasteiger partial charge on any atom is -0.493 e. The van der Waals surface area contributed by atoms with Crippen molar-refractivity contribution in [2.24, 2.45) is 0 Å². The van der Waals surface area contributed by atoms with Gasteiger partial charge < -0.3 is 14.8 Å². The van der Waals surface area contributed by atoms with Gasteiger partial charge in [-0.1, -0.05) is 13.0 Å². The third-order valence-electron chi connectivity index (χ3n) is 3.56. The molecule has 0 radical (unpaired) electrons. The average Bonchev–Trinajstić information content (AvgIpc) is 2.91. The number of hydrogen-bond acceptors (Lipinski definition) is 5. The molecule has 0 saturated carbocycles. The standard InChI is InChI=1S/C17H22N2O3S/c1-5-13-11(2)23-17(18-13)19-16(20)9-7-12-6-8-14(21-3)15(10-12)22-4/h6,8,10H,5,7,9H2,1-4H3,(H,18,19,20). The molecular formula is C17H22N2O3S. The third-order valence-corrected chi connectivity index (χ3v) is 4.49. The number of thiazole rings is 1. The SMILES string of the molecule is CCc1nc(NC(=O)CCc2ccc(OC)c(OC)c2)sc1C. The van der Waals surface area contributed by atoms with Crippen molar-refractivity contribution in [3.63, 3.8) is 0 Å². The van der Waals surface area contributed by atoms with Crippen molar-refractivity contribution in [2.75, 3.05) is 19.5 Å². The van der Waals surface area contributed by atoms with Gasteiger partial charge >= 0.3 is 0 Å². The van der Waals surface area contributed by atoms with E-state index in [1.165, 1.54) is 11.3 Å². The largest absolute Gasteiger partial charge is 0.493 e. The van der Waals surface area contributed by atoms with Gasteiger partial charge in [-0.05, 0) is 37.5 Å². The zero-order chi connectivity index (χ0) is 16.8. The molecule has 6 heteroatoms. The lowest BCUT2D eigenvalue weighted by Crippen LogP contribution is -2.12. The van der Waals surface area contributed by atoms with Crippen LogP contribution in [0.2, 0.25) is 0 Å². The van der Waals surface area contributed by atoms with Crippen molar-refractivity contribution in [2.45, 2.75) is 33.1 Å². The molecule has 0 saturated heterocycles. The number of carbonyl (C=O) groups is 1. The maximum atomic E-state index is 12.1. The average molecular weight is 334 g/mol. The van der Waals surface area contributed by atoms with Crippen LogP contribution in [-0.2, 0) is 17.6 Å². The maximum Gasteiger partial charge on any atom is 0.226 e.